The number of amides is 1. The van der Waals surface area contributed by atoms with Crippen LogP contribution in [0.5, 0.6) is 11.5 Å². The highest BCUT2D eigenvalue weighted by molar-refractivity contribution is 6.32. The van der Waals surface area contributed by atoms with E-state index in [2.05, 4.69) is 9.88 Å². The van der Waals surface area contributed by atoms with Gasteiger partial charge in [-0.15, -0.1) is 0 Å². The molecule has 30 heavy (non-hydrogen) atoms. The SMILES string of the molecule is COc1ccc2nc(C(=O)N3CCN(CCOc4ccccc4Cl)CC3)ccc2c1. The molecule has 0 bridgehead atoms. The molecule has 1 aromatic heterocycles. The van der Waals surface area contributed by atoms with Crippen LogP contribution < -0.4 is 9.47 Å². The summed E-state index contributed by atoms with van der Waals surface area (Å²) in [6.07, 6.45) is 0. The lowest BCUT2D eigenvalue weighted by Gasteiger charge is -2.34. The first-order valence-electron chi connectivity index (χ1n) is 9.98. The summed E-state index contributed by atoms with van der Waals surface area (Å²) in [5, 5.41) is 1.57. The number of fused-ring (bicyclic) bond motifs is 1. The van der Waals surface area contributed by atoms with Crippen molar-refractivity contribution in [3.05, 3.63) is 65.3 Å². The first-order chi connectivity index (χ1) is 14.6. The Kier molecular flexibility index (Phi) is 6.35. The largest absolute Gasteiger partial charge is 0.497 e. The monoisotopic (exact) mass is 425 g/mol. The van der Waals surface area contributed by atoms with E-state index in [4.69, 9.17) is 21.1 Å². The summed E-state index contributed by atoms with van der Waals surface area (Å²) in [6, 6.07) is 16.8. The molecule has 1 fully saturated rings. The van der Waals surface area contributed by atoms with Crippen molar-refractivity contribution in [2.75, 3.05) is 46.4 Å². The van der Waals surface area contributed by atoms with Crippen LogP contribution in [0, 0.1) is 0 Å². The Morgan fingerprint density at radius 2 is 1.87 bits per heavy atom. The predicted octanol–water partition coefficient (Wildman–Crippen LogP) is 3.73. The minimum absolute atomic E-state index is 0.0281. The third-order valence-electron chi connectivity index (χ3n) is 5.28. The van der Waals surface area contributed by atoms with Gasteiger partial charge in [-0.2, -0.15) is 0 Å². The molecule has 7 heteroatoms. The van der Waals surface area contributed by atoms with Crippen LogP contribution in [0.15, 0.2) is 54.6 Å². The van der Waals surface area contributed by atoms with Gasteiger partial charge in [-0.3, -0.25) is 9.69 Å². The van der Waals surface area contributed by atoms with Crippen molar-refractivity contribution in [2.24, 2.45) is 0 Å². The molecule has 0 radical (unpaired) electrons. The molecule has 0 atom stereocenters. The van der Waals surface area contributed by atoms with E-state index in [1.54, 1.807) is 13.2 Å². The van der Waals surface area contributed by atoms with Gasteiger partial charge in [0.25, 0.3) is 5.91 Å². The molecule has 1 saturated heterocycles. The zero-order chi connectivity index (χ0) is 20.9. The maximum absolute atomic E-state index is 12.9. The topological polar surface area (TPSA) is 54.9 Å². The van der Waals surface area contributed by atoms with E-state index in [-0.39, 0.29) is 5.91 Å². The van der Waals surface area contributed by atoms with Crippen molar-refractivity contribution in [3.63, 3.8) is 0 Å². The number of aromatic nitrogens is 1. The number of halogens is 1. The van der Waals surface area contributed by atoms with Crippen LogP contribution in [0.3, 0.4) is 0 Å². The van der Waals surface area contributed by atoms with Gasteiger partial charge in [0.05, 0.1) is 17.6 Å². The van der Waals surface area contributed by atoms with Crippen molar-refractivity contribution >= 4 is 28.4 Å². The molecular weight excluding hydrogens is 402 g/mol. The van der Waals surface area contributed by atoms with Gasteiger partial charge < -0.3 is 14.4 Å². The van der Waals surface area contributed by atoms with E-state index < -0.39 is 0 Å². The molecule has 0 spiro atoms. The van der Waals surface area contributed by atoms with Crippen LogP contribution in [0.2, 0.25) is 5.02 Å². The molecule has 1 aliphatic heterocycles. The van der Waals surface area contributed by atoms with Gasteiger partial charge in [-0.05, 0) is 36.4 Å². The Labute approximate surface area is 181 Å². The third-order valence-corrected chi connectivity index (χ3v) is 5.59. The highest BCUT2D eigenvalue weighted by Crippen LogP contribution is 2.23. The van der Waals surface area contributed by atoms with Crippen molar-refractivity contribution in [1.82, 2.24) is 14.8 Å². The van der Waals surface area contributed by atoms with Crippen LogP contribution in [-0.4, -0.2) is 67.1 Å². The van der Waals surface area contributed by atoms with Gasteiger partial charge in [0.1, 0.15) is 23.8 Å². The standard InChI is InChI=1S/C23H24ClN3O3/c1-29-18-7-9-20-17(16-18)6-8-21(25-20)23(28)27-12-10-26(11-13-27)14-15-30-22-5-3-2-4-19(22)24/h2-9,16H,10-15H2,1H3. The Balaban J connectivity index is 1.30. The molecule has 156 valence electrons. The number of nitrogens with zero attached hydrogens (tertiary/aromatic N) is 3. The number of piperazine rings is 1. The number of carbonyl (C=O) groups excluding carboxylic acids is 1. The fourth-order valence-corrected chi connectivity index (χ4v) is 3.72. The van der Waals surface area contributed by atoms with Gasteiger partial charge in [0, 0.05) is 38.1 Å². The van der Waals surface area contributed by atoms with Crippen molar-refractivity contribution < 1.29 is 14.3 Å². The Bertz CT molecular complexity index is 1040. The van der Waals surface area contributed by atoms with Gasteiger partial charge in [0.2, 0.25) is 0 Å². The smallest absolute Gasteiger partial charge is 0.272 e. The van der Waals surface area contributed by atoms with Crippen LogP contribution in [0.4, 0.5) is 0 Å². The molecule has 2 aromatic carbocycles. The quantitative estimate of drug-likeness (QED) is 0.602. The van der Waals surface area contributed by atoms with Gasteiger partial charge in [0.15, 0.2) is 0 Å². The summed E-state index contributed by atoms with van der Waals surface area (Å²) in [4.78, 5) is 21.6. The first-order valence-corrected chi connectivity index (χ1v) is 10.4. The fourth-order valence-electron chi connectivity index (χ4n) is 3.53. The third kappa shape index (κ3) is 4.66. The van der Waals surface area contributed by atoms with Crippen molar-refractivity contribution in [2.45, 2.75) is 0 Å². The Morgan fingerprint density at radius 3 is 2.63 bits per heavy atom. The van der Waals surface area contributed by atoms with E-state index in [0.29, 0.717) is 36.2 Å². The second kappa shape index (κ2) is 9.32. The number of hydrogen-bond donors (Lipinski definition) is 0. The number of methoxy groups -OCH3 is 1. The van der Waals surface area contributed by atoms with E-state index in [0.717, 1.165) is 36.3 Å². The number of benzene rings is 2. The maximum atomic E-state index is 12.9. The Hall–Kier alpha value is -2.83. The van der Waals surface area contributed by atoms with Crippen LogP contribution in [0.1, 0.15) is 10.5 Å². The lowest BCUT2D eigenvalue weighted by atomic mass is 10.2. The number of ether oxygens (including phenoxy) is 2. The molecule has 1 aliphatic rings. The van der Waals surface area contributed by atoms with Gasteiger partial charge in [-0.25, -0.2) is 4.98 Å². The van der Waals surface area contributed by atoms with Crippen LogP contribution >= 0.6 is 11.6 Å². The molecular formula is C23H24ClN3O3. The summed E-state index contributed by atoms with van der Waals surface area (Å²) < 4.78 is 11.0. The minimum atomic E-state index is -0.0281. The summed E-state index contributed by atoms with van der Waals surface area (Å²) in [5.41, 5.74) is 1.26. The van der Waals surface area contributed by atoms with E-state index in [9.17, 15) is 4.79 Å². The van der Waals surface area contributed by atoms with E-state index in [1.165, 1.54) is 0 Å². The molecule has 2 heterocycles. The number of carbonyl (C=O) groups is 1. The maximum Gasteiger partial charge on any atom is 0.272 e. The summed E-state index contributed by atoms with van der Waals surface area (Å²) in [5.74, 6) is 1.45. The molecule has 6 nitrogen and oxygen atoms in total. The Morgan fingerprint density at radius 1 is 1.07 bits per heavy atom. The minimum Gasteiger partial charge on any atom is -0.497 e. The summed E-state index contributed by atoms with van der Waals surface area (Å²) in [6.45, 7) is 4.32. The second-order valence-corrected chi connectivity index (χ2v) is 7.58. The van der Waals surface area contributed by atoms with Gasteiger partial charge in [-0.1, -0.05) is 29.8 Å². The lowest BCUT2D eigenvalue weighted by Crippen LogP contribution is -2.49. The fraction of sp³-hybridized carbons (Fsp3) is 0.304. The van der Waals surface area contributed by atoms with Crippen LogP contribution in [-0.2, 0) is 0 Å². The number of para-hydroxylation sites is 1. The van der Waals surface area contributed by atoms with Crippen molar-refractivity contribution in [1.29, 1.82) is 0 Å². The number of rotatable bonds is 6. The average molecular weight is 426 g/mol. The number of hydrogen-bond acceptors (Lipinski definition) is 5. The zero-order valence-corrected chi connectivity index (χ0v) is 17.6. The summed E-state index contributed by atoms with van der Waals surface area (Å²) >= 11 is 6.11. The predicted molar refractivity (Wildman–Crippen MR) is 118 cm³/mol. The normalized spacial score (nSPS) is 14.7. The molecule has 4 rings (SSSR count). The number of pyridine rings is 1. The molecule has 1 amide bonds. The van der Waals surface area contributed by atoms with Gasteiger partial charge >= 0.3 is 0 Å². The molecule has 0 aliphatic carbocycles. The average Bonchev–Trinajstić information content (AvgIpc) is 2.79. The molecule has 0 unspecified atom stereocenters. The molecule has 0 N–H and O–H groups in total. The molecule has 3 aromatic rings. The van der Waals surface area contributed by atoms with Crippen LogP contribution in [0.25, 0.3) is 10.9 Å². The lowest BCUT2D eigenvalue weighted by molar-refractivity contribution is 0.0615. The summed E-state index contributed by atoms with van der Waals surface area (Å²) in [7, 11) is 1.63. The highest BCUT2D eigenvalue weighted by atomic mass is 35.5. The van der Waals surface area contributed by atoms with E-state index in [1.807, 2.05) is 53.4 Å². The molecule has 0 saturated carbocycles. The van der Waals surface area contributed by atoms with Crippen molar-refractivity contribution in [3.8, 4) is 11.5 Å². The van der Waals surface area contributed by atoms with E-state index >= 15 is 0 Å². The first kappa shape index (κ1) is 20.4. The zero-order valence-electron chi connectivity index (χ0n) is 16.9. The highest BCUT2D eigenvalue weighted by Gasteiger charge is 2.23. The second-order valence-electron chi connectivity index (χ2n) is 7.17.